The van der Waals surface area contributed by atoms with Crippen molar-refractivity contribution < 1.29 is 19.0 Å². The van der Waals surface area contributed by atoms with Gasteiger partial charge in [0.2, 0.25) is 0 Å². The second-order valence-corrected chi connectivity index (χ2v) is 7.52. The first-order valence-corrected chi connectivity index (χ1v) is 9.87. The number of hydrogen-bond donors (Lipinski definition) is 3. The number of rotatable bonds is 5. The Hall–Kier alpha value is -2.76. The van der Waals surface area contributed by atoms with Crippen molar-refractivity contribution in [1.29, 1.82) is 0 Å². The lowest BCUT2D eigenvalue weighted by Gasteiger charge is -2.29. The number of anilines is 1. The van der Waals surface area contributed by atoms with Crippen LogP contribution in [0, 0.1) is 5.82 Å². The van der Waals surface area contributed by atoms with Crippen LogP contribution in [0.5, 0.6) is 0 Å². The van der Waals surface area contributed by atoms with Gasteiger partial charge in [0.05, 0.1) is 5.69 Å². The Morgan fingerprint density at radius 3 is 2.36 bits per heavy atom. The van der Waals surface area contributed by atoms with E-state index >= 15 is 0 Å². The van der Waals surface area contributed by atoms with Crippen molar-refractivity contribution >= 4 is 22.4 Å². The summed E-state index contributed by atoms with van der Waals surface area (Å²) in [6.45, 7) is 5.36. The summed E-state index contributed by atoms with van der Waals surface area (Å²) in [7, 11) is 0. The van der Waals surface area contributed by atoms with Crippen LogP contribution in [0.2, 0.25) is 0 Å². The lowest BCUT2D eigenvalue weighted by atomic mass is 10.0. The van der Waals surface area contributed by atoms with Crippen molar-refractivity contribution in [3.63, 3.8) is 0 Å². The monoisotopic (exact) mass is 379 g/mol. The number of amides is 1. The Bertz CT molecular complexity index is 961. The molecular weight excluding hydrogens is 353 g/mol. The number of fused-ring (bicyclic) bond motifs is 1. The summed E-state index contributed by atoms with van der Waals surface area (Å²) in [5, 5.41) is 5.30. The Kier molecular flexibility index (Phi) is 5.65. The summed E-state index contributed by atoms with van der Waals surface area (Å²) >= 11 is 0. The normalized spacial score (nSPS) is 19.5. The number of para-hydroxylation sites is 1. The minimum absolute atomic E-state index is 0.127. The summed E-state index contributed by atoms with van der Waals surface area (Å²) in [5.41, 5.74) is 1.64. The van der Waals surface area contributed by atoms with Crippen LogP contribution in [0.15, 0.2) is 66.7 Å². The van der Waals surface area contributed by atoms with E-state index < -0.39 is 5.82 Å². The largest absolute Gasteiger partial charge is 0.322 e. The Morgan fingerprint density at radius 2 is 1.54 bits per heavy atom. The molecule has 1 amide bonds. The van der Waals surface area contributed by atoms with Crippen LogP contribution in [0.3, 0.4) is 0 Å². The predicted octanol–water partition coefficient (Wildman–Crippen LogP) is 0.901. The number of carbonyl (C=O) groups is 1. The van der Waals surface area contributed by atoms with E-state index in [4.69, 9.17) is 0 Å². The molecule has 0 atom stereocenters. The van der Waals surface area contributed by atoms with Gasteiger partial charge in [0.15, 0.2) is 6.54 Å². The molecule has 4 nitrogen and oxygen atoms in total. The topological polar surface area (TPSA) is 38.0 Å². The van der Waals surface area contributed by atoms with Gasteiger partial charge in [0.1, 0.15) is 38.5 Å². The van der Waals surface area contributed by atoms with Crippen molar-refractivity contribution in [3.8, 4) is 0 Å². The fraction of sp³-hybridized carbons (Fsp3) is 0.261. The molecule has 0 bridgehead atoms. The molecule has 3 aromatic rings. The van der Waals surface area contributed by atoms with Gasteiger partial charge in [-0.05, 0) is 22.9 Å². The standard InChI is InChI=1S/C23H24FN3O/c24-21-10-3-4-11-22(21)25-23(28)17-27-14-12-26(13-15-27)16-19-8-5-7-18-6-1-2-9-20(18)19/h1-11H,12-17H2,(H,25,28)/p+2. The predicted molar refractivity (Wildman–Crippen MR) is 109 cm³/mol. The third kappa shape index (κ3) is 4.38. The molecule has 3 aromatic carbocycles. The molecule has 5 heteroatoms. The highest BCUT2D eigenvalue weighted by molar-refractivity contribution is 5.91. The minimum atomic E-state index is -0.393. The summed E-state index contributed by atoms with van der Waals surface area (Å²) in [6, 6.07) is 21.3. The zero-order valence-electron chi connectivity index (χ0n) is 15.9. The summed E-state index contributed by atoms with van der Waals surface area (Å²) in [5.74, 6) is -0.521. The molecular formula is C23H26FN3O+2. The van der Waals surface area contributed by atoms with E-state index in [-0.39, 0.29) is 11.6 Å². The smallest absolute Gasteiger partial charge is 0.279 e. The fourth-order valence-corrected chi connectivity index (χ4v) is 4.01. The maximum Gasteiger partial charge on any atom is 0.279 e. The van der Waals surface area contributed by atoms with Crippen molar-refractivity contribution in [1.82, 2.24) is 0 Å². The maximum absolute atomic E-state index is 13.7. The molecule has 28 heavy (non-hydrogen) atoms. The van der Waals surface area contributed by atoms with Crippen LogP contribution < -0.4 is 15.1 Å². The van der Waals surface area contributed by atoms with Crippen LogP contribution in [0.1, 0.15) is 5.56 Å². The molecule has 0 spiro atoms. The minimum Gasteiger partial charge on any atom is -0.322 e. The zero-order valence-corrected chi connectivity index (χ0v) is 15.9. The van der Waals surface area contributed by atoms with E-state index in [0.29, 0.717) is 6.54 Å². The Labute approximate surface area is 164 Å². The first-order chi connectivity index (χ1) is 13.7. The van der Waals surface area contributed by atoms with E-state index in [1.807, 2.05) is 0 Å². The fourth-order valence-electron chi connectivity index (χ4n) is 4.01. The quantitative estimate of drug-likeness (QED) is 0.606. The number of nitrogens with one attached hydrogen (secondary N) is 3. The SMILES string of the molecule is O=C(C[NH+]1CC[NH+](Cc2cccc3ccccc23)CC1)Nc1ccccc1F. The number of halogens is 1. The van der Waals surface area contributed by atoms with E-state index in [9.17, 15) is 9.18 Å². The molecule has 0 aliphatic carbocycles. The van der Waals surface area contributed by atoms with Crippen LogP contribution >= 0.6 is 0 Å². The lowest BCUT2D eigenvalue weighted by Crippen LogP contribution is -3.28. The highest BCUT2D eigenvalue weighted by Crippen LogP contribution is 2.17. The van der Waals surface area contributed by atoms with Gasteiger partial charge >= 0.3 is 0 Å². The highest BCUT2D eigenvalue weighted by atomic mass is 19.1. The summed E-state index contributed by atoms with van der Waals surface area (Å²) in [6.07, 6.45) is 0. The number of quaternary nitrogens is 2. The van der Waals surface area contributed by atoms with E-state index in [1.54, 1.807) is 23.1 Å². The van der Waals surface area contributed by atoms with E-state index in [1.165, 1.54) is 27.3 Å². The molecule has 0 saturated carbocycles. The first-order valence-electron chi connectivity index (χ1n) is 9.87. The molecule has 1 fully saturated rings. The summed E-state index contributed by atoms with van der Waals surface area (Å²) in [4.78, 5) is 15.1. The first kappa shape index (κ1) is 18.6. The van der Waals surface area contributed by atoms with Gasteiger partial charge in [0.25, 0.3) is 5.91 Å². The molecule has 0 aromatic heterocycles. The third-order valence-corrected chi connectivity index (χ3v) is 5.54. The van der Waals surface area contributed by atoms with Gasteiger partial charge in [-0.1, -0.05) is 54.6 Å². The average molecular weight is 379 g/mol. The van der Waals surface area contributed by atoms with Gasteiger partial charge in [0, 0.05) is 5.56 Å². The van der Waals surface area contributed by atoms with Crippen molar-refractivity contribution in [2.75, 3.05) is 38.0 Å². The second kappa shape index (κ2) is 8.50. The Balaban J connectivity index is 1.30. The van der Waals surface area contributed by atoms with Gasteiger partial charge in [-0.25, -0.2) is 4.39 Å². The molecule has 0 unspecified atom stereocenters. The van der Waals surface area contributed by atoms with Crippen LogP contribution in [0.4, 0.5) is 10.1 Å². The molecule has 0 radical (unpaired) electrons. The number of hydrogen-bond acceptors (Lipinski definition) is 1. The number of benzene rings is 3. The molecule has 1 saturated heterocycles. The van der Waals surface area contributed by atoms with Crippen molar-refractivity contribution in [2.45, 2.75) is 6.54 Å². The summed E-state index contributed by atoms with van der Waals surface area (Å²) < 4.78 is 13.7. The molecule has 3 N–H and O–H groups in total. The second-order valence-electron chi connectivity index (χ2n) is 7.52. The zero-order chi connectivity index (χ0) is 19.3. The molecule has 1 heterocycles. The third-order valence-electron chi connectivity index (χ3n) is 5.54. The van der Waals surface area contributed by atoms with Crippen LogP contribution in [0.25, 0.3) is 10.8 Å². The van der Waals surface area contributed by atoms with Crippen molar-refractivity contribution in [2.24, 2.45) is 0 Å². The highest BCUT2D eigenvalue weighted by Gasteiger charge is 2.25. The van der Waals surface area contributed by atoms with E-state index in [0.717, 1.165) is 32.7 Å². The molecule has 144 valence electrons. The van der Waals surface area contributed by atoms with Crippen LogP contribution in [-0.4, -0.2) is 38.6 Å². The number of carbonyl (C=O) groups excluding carboxylic acids is 1. The van der Waals surface area contributed by atoms with Crippen LogP contribution in [-0.2, 0) is 11.3 Å². The van der Waals surface area contributed by atoms with Crippen molar-refractivity contribution in [3.05, 3.63) is 78.1 Å². The molecule has 4 rings (SSSR count). The Morgan fingerprint density at radius 1 is 0.857 bits per heavy atom. The van der Waals surface area contributed by atoms with Gasteiger partial charge < -0.3 is 15.1 Å². The average Bonchev–Trinajstić information content (AvgIpc) is 2.71. The lowest BCUT2D eigenvalue weighted by molar-refractivity contribution is -1.01. The van der Waals surface area contributed by atoms with Gasteiger partial charge in [-0.3, -0.25) is 4.79 Å². The van der Waals surface area contributed by atoms with Gasteiger partial charge in [-0.2, -0.15) is 0 Å². The molecule has 1 aliphatic heterocycles. The molecule has 1 aliphatic rings. The van der Waals surface area contributed by atoms with Gasteiger partial charge in [-0.15, -0.1) is 0 Å². The maximum atomic E-state index is 13.7. The van der Waals surface area contributed by atoms with E-state index in [2.05, 4.69) is 47.8 Å². The number of piperazine rings is 1.